The highest BCUT2D eigenvalue weighted by Gasteiger charge is 2.29. The predicted octanol–water partition coefficient (Wildman–Crippen LogP) is 4.72. The maximum atomic E-state index is 13.6. The lowest BCUT2D eigenvalue weighted by Gasteiger charge is -2.30. The van der Waals surface area contributed by atoms with Crippen molar-refractivity contribution in [3.05, 3.63) is 53.6 Å². The molecule has 0 saturated heterocycles. The molecule has 166 valence electrons. The Morgan fingerprint density at radius 1 is 1.06 bits per heavy atom. The second-order valence-corrected chi connectivity index (χ2v) is 10.7. The van der Waals surface area contributed by atoms with E-state index in [4.69, 9.17) is 4.98 Å². The average Bonchev–Trinajstić information content (AvgIpc) is 3.22. The number of para-hydroxylation sites is 1. The van der Waals surface area contributed by atoms with Gasteiger partial charge in [0.15, 0.2) is 5.65 Å². The van der Waals surface area contributed by atoms with Crippen LogP contribution in [0.2, 0.25) is 0 Å². The Hall–Kier alpha value is -3.00. The maximum absolute atomic E-state index is 13.6. The molecule has 0 amide bonds. The summed E-state index contributed by atoms with van der Waals surface area (Å²) in [5.41, 5.74) is 2.57. The van der Waals surface area contributed by atoms with Crippen molar-refractivity contribution >= 4 is 32.2 Å². The van der Waals surface area contributed by atoms with Crippen LogP contribution < -0.4 is 5.32 Å². The van der Waals surface area contributed by atoms with Crippen LogP contribution in [0.1, 0.15) is 43.7 Å². The molecule has 5 rings (SSSR count). The van der Waals surface area contributed by atoms with Crippen molar-refractivity contribution in [3.63, 3.8) is 0 Å². The van der Waals surface area contributed by atoms with Crippen LogP contribution in [0, 0.1) is 19.8 Å². The quantitative estimate of drug-likeness (QED) is 0.485. The van der Waals surface area contributed by atoms with Gasteiger partial charge in [0.2, 0.25) is 14.9 Å². The molecule has 7 nitrogen and oxygen atoms in total. The van der Waals surface area contributed by atoms with E-state index in [1.54, 1.807) is 13.0 Å². The first-order chi connectivity index (χ1) is 15.4. The van der Waals surface area contributed by atoms with Crippen molar-refractivity contribution in [2.45, 2.75) is 62.4 Å². The number of aromatic nitrogens is 4. The first-order valence-corrected chi connectivity index (χ1v) is 12.6. The molecule has 1 aliphatic rings. The van der Waals surface area contributed by atoms with Crippen LogP contribution in [0.15, 0.2) is 52.4 Å². The molecule has 4 aromatic rings. The van der Waals surface area contributed by atoms with Gasteiger partial charge in [-0.15, -0.1) is 5.10 Å². The minimum Gasteiger partial charge on any atom is -0.366 e. The number of hydrogen-bond acceptors (Lipinski definition) is 6. The van der Waals surface area contributed by atoms with E-state index >= 15 is 0 Å². The molecule has 0 radical (unpaired) electrons. The number of hydrogen-bond donors (Lipinski definition) is 1. The van der Waals surface area contributed by atoms with Gasteiger partial charge in [0, 0.05) is 11.4 Å². The zero-order valence-corrected chi connectivity index (χ0v) is 19.4. The molecule has 1 saturated carbocycles. The fraction of sp³-hybridized carbons (Fsp3) is 0.375. The third-order valence-electron chi connectivity index (χ3n) is 6.54. The number of nitrogens with zero attached hydrogens (tertiary/aromatic N) is 4. The van der Waals surface area contributed by atoms with E-state index in [1.165, 1.54) is 23.8 Å². The van der Waals surface area contributed by atoms with Crippen molar-refractivity contribution in [3.8, 4) is 0 Å². The Morgan fingerprint density at radius 3 is 2.66 bits per heavy atom. The molecule has 32 heavy (non-hydrogen) atoms. The monoisotopic (exact) mass is 449 g/mol. The van der Waals surface area contributed by atoms with E-state index in [0.717, 1.165) is 22.9 Å². The van der Waals surface area contributed by atoms with E-state index < -0.39 is 9.84 Å². The predicted molar refractivity (Wildman–Crippen MR) is 125 cm³/mol. The molecular formula is C24H27N5O2S. The van der Waals surface area contributed by atoms with Crippen LogP contribution in [0.25, 0.3) is 16.6 Å². The summed E-state index contributed by atoms with van der Waals surface area (Å²) in [5.74, 6) is 1.22. The van der Waals surface area contributed by atoms with Gasteiger partial charge in [0.05, 0.1) is 10.4 Å². The zero-order chi connectivity index (χ0) is 22.5. The summed E-state index contributed by atoms with van der Waals surface area (Å²) in [4.78, 5) is 5.02. The standard InChI is InChI=1S/C24H27N5O2S/c1-15-12-13-17(3)21(14-15)32(30,31)24-23-26-22(25-19-10-6-4-8-16(19)2)18-9-5-7-11-20(18)29(23)28-27-24/h5,7,9,11-14,16,19H,4,6,8,10H2,1-3H3,(H,25,26)/t16-,19-/m0/s1. The maximum Gasteiger partial charge on any atom is 0.229 e. The van der Waals surface area contributed by atoms with E-state index in [1.807, 2.05) is 43.3 Å². The summed E-state index contributed by atoms with van der Waals surface area (Å²) in [5, 5.41) is 12.7. The van der Waals surface area contributed by atoms with Gasteiger partial charge in [-0.1, -0.05) is 49.2 Å². The van der Waals surface area contributed by atoms with Crippen LogP contribution in [-0.2, 0) is 9.84 Å². The number of anilines is 1. The summed E-state index contributed by atoms with van der Waals surface area (Å²) >= 11 is 0. The minimum atomic E-state index is -3.89. The average molecular weight is 450 g/mol. The summed E-state index contributed by atoms with van der Waals surface area (Å²) in [6, 6.07) is 13.5. The Labute approximate surface area is 187 Å². The SMILES string of the molecule is Cc1ccc(C)c(S(=O)(=O)c2nnn3c2nc(N[C@H]2CCCC[C@@H]2C)c2ccccc23)c1. The van der Waals surface area contributed by atoms with Gasteiger partial charge in [-0.05, 0) is 61.9 Å². The lowest BCUT2D eigenvalue weighted by Crippen LogP contribution is -2.30. The Morgan fingerprint density at radius 2 is 1.84 bits per heavy atom. The van der Waals surface area contributed by atoms with Gasteiger partial charge in [0.25, 0.3) is 0 Å². The minimum absolute atomic E-state index is 0.114. The fourth-order valence-corrected chi connectivity index (χ4v) is 6.19. The number of nitrogens with one attached hydrogen (secondary N) is 1. The third-order valence-corrected chi connectivity index (χ3v) is 8.34. The zero-order valence-electron chi connectivity index (χ0n) is 18.5. The normalized spacial score (nSPS) is 19.5. The number of aryl methyl sites for hydroxylation is 2. The van der Waals surface area contributed by atoms with Crippen molar-refractivity contribution in [2.24, 2.45) is 5.92 Å². The summed E-state index contributed by atoms with van der Waals surface area (Å²) in [6.45, 7) is 5.92. The first kappa shape index (κ1) is 20.9. The van der Waals surface area contributed by atoms with Gasteiger partial charge >= 0.3 is 0 Å². The Balaban J connectivity index is 1.71. The number of fused-ring (bicyclic) bond motifs is 3. The molecule has 1 N–H and O–H groups in total. The van der Waals surface area contributed by atoms with Gasteiger partial charge in [0.1, 0.15) is 5.82 Å². The second-order valence-electron chi connectivity index (χ2n) is 8.89. The molecule has 0 spiro atoms. The van der Waals surface area contributed by atoms with Gasteiger partial charge < -0.3 is 5.32 Å². The highest BCUT2D eigenvalue weighted by molar-refractivity contribution is 7.91. The fourth-order valence-electron chi connectivity index (χ4n) is 4.64. The lowest BCUT2D eigenvalue weighted by molar-refractivity contribution is 0.349. The molecule has 0 aliphatic heterocycles. The molecule has 0 unspecified atom stereocenters. The number of benzene rings is 2. The van der Waals surface area contributed by atoms with Crippen molar-refractivity contribution in [1.29, 1.82) is 0 Å². The molecule has 1 aliphatic carbocycles. The molecule has 2 aromatic carbocycles. The van der Waals surface area contributed by atoms with Gasteiger partial charge in [-0.2, -0.15) is 4.52 Å². The van der Waals surface area contributed by atoms with E-state index in [2.05, 4.69) is 22.6 Å². The highest BCUT2D eigenvalue weighted by atomic mass is 32.2. The highest BCUT2D eigenvalue weighted by Crippen LogP contribution is 2.32. The third kappa shape index (κ3) is 3.43. The van der Waals surface area contributed by atoms with Crippen molar-refractivity contribution in [1.82, 2.24) is 19.8 Å². The van der Waals surface area contributed by atoms with Crippen LogP contribution in [0.3, 0.4) is 0 Å². The number of rotatable bonds is 4. The van der Waals surface area contributed by atoms with Crippen LogP contribution >= 0.6 is 0 Å². The largest absolute Gasteiger partial charge is 0.366 e. The summed E-state index contributed by atoms with van der Waals surface area (Å²) in [6.07, 6.45) is 4.69. The second kappa shape index (κ2) is 7.85. The molecule has 0 bridgehead atoms. The van der Waals surface area contributed by atoms with Crippen molar-refractivity contribution in [2.75, 3.05) is 5.32 Å². The Bertz CT molecular complexity index is 1430. The smallest absolute Gasteiger partial charge is 0.229 e. The summed E-state index contributed by atoms with van der Waals surface area (Å²) in [7, 11) is -3.89. The molecule has 2 heterocycles. The van der Waals surface area contributed by atoms with Gasteiger partial charge in [-0.3, -0.25) is 0 Å². The topological polar surface area (TPSA) is 89.2 Å². The van der Waals surface area contributed by atoms with E-state index in [0.29, 0.717) is 23.3 Å². The molecule has 1 fully saturated rings. The van der Waals surface area contributed by atoms with Crippen molar-refractivity contribution < 1.29 is 8.42 Å². The summed E-state index contributed by atoms with van der Waals surface area (Å²) < 4.78 is 28.7. The van der Waals surface area contributed by atoms with Crippen LogP contribution in [-0.4, -0.2) is 34.3 Å². The van der Waals surface area contributed by atoms with Crippen LogP contribution in [0.5, 0.6) is 0 Å². The Kier molecular flexibility index (Phi) is 5.12. The number of sulfone groups is 1. The van der Waals surface area contributed by atoms with Crippen LogP contribution in [0.4, 0.5) is 5.82 Å². The molecule has 2 aromatic heterocycles. The molecular weight excluding hydrogens is 422 g/mol. The lowest BCUT2D eigenvalue weighted by atomic mass is 9.86. The molecule has 2 atom stereocenters. The van der Waals surface area contributed by atoms with E-state index in [9.17, 15) is 8.42 Å². The first-order valence-electron chi connectivity index (χ1n) is 11.1. The molecule has 8 heteroatoms. The van der Waals surface area contributed by atoms with E-state index in [-0.39, 0.29) is 15.6 Å². The van der Waals surface area contributed by atoms with Gasteiger partial charge in [-0.25, -0.2) is 13.4 Å².